The van der Waals surface area contributed by atoms with Crippen molar-refractivity contribution in [2.24, 2.45) is 11.8 Å². The third-order valence-electron chi connectivity index (χ3n) is 7.66. The van der Waals surface area contributed by atoms with Crippen molar-refractivity contribution in [3.63, 3.8) is 0 Å². The molecule has 1 aliphatic carbocycles. The number of allylic oxidation sites excluding steroid dienone is 1. The Morgan fingerprint density at radius 2 is 1.95 bits per heavy atom. The highest BCUT2D eigenvalue weighted by Gasteiger charge is 2.27. The number of carbonyl (C=O) groups excluding carboxylic acids is 3. The number of amides is 1. The highest BCUT2D eigenvalue weighted by atomic mass is 32.1. The summed E-state index contributed by atoms with van der Waals surface area (Å²) in [6.45, 7) is 9.68. The zero-order chi connectivity index (χ0) is 27.7. The molecule has 204 valence electrons. The monoisotopic (exact) mass is 535 g/mol. The van der Waals surface area contributed by atoms with Gasteiger partial charge in [0.1, 0.15) is 11.9 Å². The molecule has 1 fully saturated rings. The number of fused-ring (bicyclic) bond motifs is 1. The lowest BCUT2D eigenvalue weighted by atomic mass is 9.83. The molecule has 1 aromatic heterocycles. The van der Waals surface area contributed by atoms with E-state index in [1.54, 1.807) is 11.3 Å². The molecule has 1 amide bonds. The quantitative estimate of drug-likeness (QED) is 0.211. The van der Waals surface area contributed by atoms with Gasteiger partial charge in [0, 0.05) is 31.7 Å². The van der Waals surface area contributed by atoms with Gasteiger partial charge in [0.15, 0.2) is 5.78 Å². The van der Waals surface area contributed by atoms with Crippen LogP contribution in [0.1, 0.15) is 101 Å². The van der Waals surface area contributed by atoms with Crippen LogP contribution in [0.25, 0.3) is 10.2 Å². The number of nitriles is 1. The molecule has 2 atom stereocenters. The van der Waals surface area contributed by atoms with Gasteiger partial charge >= 0.3 is 0 Å². The average Bonchev–Trinajstić information content (AvgIpc) is 3.32. The van der Waals surface area contributed by atoms with Gasteiger partial charge in [-0.25, -0.2) is 4.98 Å². The average molecular weight is 536 g/mol. The molecule has 1 N–H and O–H groups in total. The number of ketones is 2. The van der Waals surface area contributed by atoms with E-state index in [-0.39, 0.29) is 41.9 Å². The number of aromatic nitrogens is 1. The van der Waals surface area contributed by atoms with E-state index in [1.807, 2.05) is 19.1 Å². The molecular formula is C31H41N3O3S. The zero-order valence-electron chi connectivity index (χ0n) is 23.1. The number of benzene rings is 1. The molecule has 0 unspecified atom stereocenters. The van der Waals surface area contributed by atoms with Crippen LogP contribution in [-0.4, -0.2) is 28.5 Å². The number of hydrogen-bond acceptors (Lipinski definition) is 6. The summed E-state index contributed by atoms with van der Waals surface area (Å²) in [5, 5.41) is 13.1. The SMILES string of the molecule is C=C(C#N)C(=O)CC[C@H](CC1CCCCC1)NC(=O)[C@@H](CC(=O)CC)Cc1nc2ccc(C(C)C)cc2s1. The fourth-order valence-electron chi connectivity index (χ4n) is 5.23. The van der Waals surface area contributed by atoms with Crippen LogP contribution in [0, 0.1) is 23.2 Å². The molecule has 1 aliphatic rings. The number of carbonyl (C=O) groups is 3. The third-order valence-corrected chi connectivity index (χ3v) is 8.70. The van der Waals surface area contributed by atoms with Crippen LogP contribution in [0.5, 0.6) is 0 Å². The lowest BCUT2D eigenvalue weighted by Gasteiger charge is -2.28. The Morgan fingerprint density at radius 1 is 1.21 bits per heavy atom. The minimum atomic E-state index is -0.508. The molecule has 0 bridgehead atoms. The van der Waals surface area contributed by atoms with E-state index in [0.29, 0.717) is 31.1 Å². The van der Waals surface area contributed by atoms with Crippen LogP contribution in [0.3, 0.4) is 0 Å². The minimum Gasteiger partial charge on any atom is -0.353 e. The first kappa shape index (κ1) is 29.7. The minimum absolute atomic E-state index is 0.0457. The molecule has 0 spiro atoms. The van der Waals surface area contributed by atoms with Crippen LogP contribution in [0.15, 0.2) is 30.4 Å². The van der Waals surface area contributed by atoms with E-state index in [4.69, 9.17) is 10.2 Å². The highest BCUT2D eigenvalue weighted by molar-refractivity contribution is 7.18. The Kier molecular flexibility index (Phi) is 11.2. The molecule has 38 heavy (non-hydrogen) atoms. The van der Waals surface area contributed by atoms with Crippen LogP contribution in [0.4, 0.5) is 0 Å². The predicted octanol–water partition coefficient (Wildman–Crippen LogP) is 6.83. The zero-order valence-corrected chi connectivity index (χ0v) is 23.9. The van der Waals surface area contributed by atoms with Crippen molar-refractivity contribution in [2.45, 2.75) is 103 Å². The number of nitrogens with one attached hydrogen (secondary N) is 1. The molecule has 0 saturated heterocycles. The van der Waals surface area contributed by atoms with Gasteiger partial charge in [-0.15, -0.1) is 11.3 Å². The van der Waals surface area contributed by atoms with Gasteiger partial charge < -0.3 is 5.32 Å². The predicted molar refractivity (Wildman–Crippen MR) is 153 cm³/mol. The molecule has 1 heterocycles. The number of thiazole rings is 1. The molecule has 3 rings (SSSR count). The van der Waals surface area contributed by atoms with Gasteiger partial charge in [-0.05, 0) is 42.4 Å². The van der Waals surface area contributed by atoms with Crippen molar-refractivity contribution >= 4 is 39.0 Å². The van der Waals surface area contributed by atoms with Crippen molar-refractivity contribution in [2.75, 3.05) is 0 Å². The summed E-state index contributed by atoms with van der Waals surface area (Å²) in [4.78, 5) is 43.1. The first-order chi connectivity index (χ1) is 18.2. The Bertz CT molecular complexity index is 1190. The third kappa shape index (κ3) is 8.59. The second-order valence-corrected chi connectivity index (χ2v) is 12.1. The Balaban J connectivity index is 1.76. The van der Waals surface area contributed by atoms with Gasteiger partial charge in [0.2, 0.25) is 5.91 Å². The number of hydrogen-bond donors (Lipinski definition) is 1. The summed E-state index contributed by atoms with van der Waals surface area (Å²) in [5.74, 6) is 0.0518. The van der Waals surface area contributed by atoms with E-state index >= 15 is 0 Å². The molecule has 1 aromatic carbocycles. The number of nitrogens with zero attached hydrogens (tertiary/aromatic N) is 2. The summed E-state index contributed by atoms with van der Waals surface area (Å²) < 4.78 is 1.10. The highest BCUT2D eigenvalue weighted by Crippen LogP contribution is 2.30. The van der Waals surface area contributed by atoms with Crippen LogP contribution in [0.2, 0.25) is 0 Å². The molecule has 0 aliphatic heterocycles. The fourth-order valence-corrected chi connectivity index (χ4v) is 6.33. The second-order valence-electron chi connectivity index (χ2n) is 11.0. The van der Waals surface area contributed by atoms with E-state index in [2.05, 4.69) is 37.9 Å². The summed E-state index contributed by atoms with van der Waals surface area (Å²) in [6.07, 6.45) is 8.33. The largest absolute Gasteiger partial charge is 0.353 e. The van der Waals surface area contributed by atoms with E-state index < -0.39 is 5.92 Å². The number of Topliss-reactive ketones (excluding diaryl/α,β-unsaturated/α-hetero) is 2. The number of rotatable bonds is 14. The van der Waals surface area contributed by atoms with Crippen LogP contribution in [-0.2, 0) is 20.8 Å². The van der Waals surface area contributed by atoms with Crippen LogP contribution < -0.4 is 5.32 Å². The topological polar surface area (TPSA) is 99.9 Å². The van der Waals surface area contributed by atoms with Crippen molar-refractivity contribution < 1.29 is 14.4 Å². The molecule has 6 nitrogen and oxygen atoms in total. The maximum Gasteiger partial charge on any atom is 0.224 e. The summed E-state index contributed by atoms with van der Waals surface area (Å²) in [7, 11) is 0. The maximum atomic E-state index is 13.6. The van der Waals surface area contributed by atoms with E-state index in [0.717, 1.165) is 34.5 Å². The van der Waals surface area contributed by atoms with Crippen LogP contribution >= 0.6 is 11.3 Å². The molecule has 1 saturated carbocycles. The van der Waals surface area contributed by atoms with Gasteiger partial charge in [0.25, 0.3) is 0 Å². The second kappa shape index (κ2) is 14.3. The summed E-state index contributed by atoms with van der Waals surface area (Å²) in [6, 6.07) is 7.95. The van der Waals surface area contributed by atoms with Gasteiger partial charge in [-0.1, -0.05) is 65.5 Å². The van der Waals surface area contributed by atoms with Crippen molar-refractivity contribution in [1.82, 2.24) is 10.3 Å². The first-order valence-corrected chi connectivity index (χ1v) is 14.8. The first-order valence-electron chi connectivity index (χ1n) is 14.0. The van der Waals surface area contributed by atoms with Gasteiger partial charge in [0.05, 0.1) is 26.7 Å². The van der Waals surface area contributed by atoms with Gasteiger partial charge in [-0.3, -0.25) is 14.4 Å². The lowest BCUT2D eigenvalue weighted by Crippen LogP contribution is -2.41. The van der Waals surface area contributed by atoms with Crippen molar-refractivity contribution in [3.8, 4) is 6.07 Å². The summed E-state index contributed by atoms with van der Waals surface area (Å²) >= 11 is 1.59. The molecule has 2 aromatic rings. The Labute approximate surface area is 230 Å². The fraction of sp³-hybridized carbons (Fsp3) is 0.581. The molecule has 7 heteroatoms. The van der Waals surface area contributed by atoms with Crippen molar-refractivity contribution in [1.29, 1.82) is 5.26 Å². The molecule has 0 radical (unpaired) electrons. The summed E-state index contributed by atoms with van der Waals surface area (Å²) in [5.41, 5.74) is 2.12. The smallest absolute Gasteiger partial charge is 0.224 e. The van der Waals surface area contributed by atoms with Gasteiger partial charge in [-0.2, -0.15) is 5.26 Å². The standard InChI is InChI=1S/C31H41N3O3S/c1-5-26(35)16-24(18-30-34-27-13-11-23(20(2)3)17-29(27)38-30)31(37)33-25(12-14-28(36)21(4)19-32)15-22-9-7-6-8-10-22/h11,13,17,20,22,24-25H,4-10,12,14-16,18H2,1-3H3,(H,33,37)/t24-,25+/m0/s1. The van der Waals surface area contributed by atoms with E-state index in [1.165, 1.54) is 24.8 Å². The lowest BCUT2D eigenvalue weighted by molar-refractivity contribution is -0.130. The Hall–Kier alpha value is -2.85. The maximum absolute atomic E-state index is 13.6. The normalized spacial score (nSPS) is 15.7. The molecular weight excluding hydrogens is 494 g/mol. The van der Waals surface area contributed by atoms with Crippen molar-refractivity contribution in [3.05, 3.63) is 40.9 Å². The Morgan fingerprint density at radius 3 is 2.61 bits per heavy atom. The van der Waals surface area contributed by atoms with E-state index in [9.17, 15) is 14.4 Å².